The predicted octanol–water partition coefficient (Wildman–Crippen LogP) is 1.92. The fourth-order valence-corrected chi connectivity index (χ4v) is 2.13. The van der Waals surface area contributed by atoms with Crippen LogP contribution in [0.4, 0.5) is 0 Å². The highest BCUT2D eigenvalue weighted by molar-refractivity contribution is 5.79. The molecule has 0 radical (unpaired) electrons. The van der Waals surface area contributed by atoms with E-state index >= 15 is 0 Å². The number of rotatable bonds is 7. The predicted molar refractivity (Wildman–Crippen MR) is 73.8 cm³/mol. The maximum absolute atomic E-state index is 11.9. The van der Waals surface area contributed by atoms with E-state index in [2.05, 4.69) is 5.32 Å². The van der Waals surface area contributed by atoms with E-state index in [1.807, 2.05) is 12.1 Å². The number of hydrogen-bond donors (Lipinski definition) is 2. The minimum absolute atomic E-state index is 0.0512. The van der Waals surface area contributed by atoms with Crippen LogP contribution in [0, 0.1) is 0 Å². The van der Waals surface area contributed by atoms with Crippen LogP contribution in [0.5, 0.6) is 5.75 Å². The zero-order valence-electron chi connectivity index (χ0n) is 11.5. The molecule has 0 unspecified atom stereocenters. The molecule has 108 valence electrons. The summed E-state index contributed by atoms with van der Waals surface area (Å²) in [6.07, 6.45) is 2.20. The van der Waals surface area contributed by atoms with Crippen molar-refractivity contribution in [2.75, 3.05) is 7.11 Å². The Labute approximate surface area is 117 Å². The fraction of sp³-hybridized carbons (Fsp3) is 0.467. The Morgan fingerprint density at radius 2 is 1.95 bits per heavy atom. The van der Waals surface area contributed by atoms with E-state index in [1.165, 1.54) is 0 Å². The lowest BCUT2D eigenvalue weighted by Gasteiger charge is -2.15. The van der Waals surface area contributed by atoms with E-state index in [0.29, 0.717) is 11.8 Å². The number of nitrogens with one attached hydrogen (secondary N) is 1. The summed E-state index contributed by atoms with van der Waals surface area (Å²) in [5.41, 5.74) is 0.846. The molecular weight excluding hydrogens is 258 g/mol. The Morgan fingerprint density at radius 1 is 1.30 bits per heavy atom. The van der Waals surface area contributed by atoms with Gasteiger partial charge in [0.25, 0.3) is 0 Å². The van der Waals surface area contributed by atoms with Crippen molar-refractivity contribution in [3.05, 3.63) is 29.8 Å². The third kappa shape index (κ3) is 4.26. The van der Waals surface area contributed by atoms with Crippen LogP contribution in [0.3, 0.4) is 0 Å². The molecule has 1 atom stereocenters. The first kappa shape index (κ1) is 14.4. The van der Waals surface area contributed by atoms with Gasteiger partial charge in [-0.25, -0.2) is 0 Å². The molecular formula is C15H19NO4. The summed E-state index contributed by atoms with van der Waals surface area (Å²) in [6.45, 7) is 0. The normalized spacial score (nSPS) is 15.4. The van der Waals surface area contributed by atoms with Gasteiger partial charge >= 0.3 is 5.97 Å². The topological polar surface area (TPSA) is 75.6 Å². The molecule has 0 aliphatic heterocycles. The third-order valence-electron chi connectivity index (χ3n) is 3.38. The van der Waals surface area contributed by atoms with Crippen LogP contribution >= 0.6 is 0 Å². The van der Waals surface area contributed by atoms with Gasteiger partial charge in [0.1, 0.15) is 5.75 Å². The fourth-order valence-electron chi connectivity index (χ4n) is 2.13. The van der Waals surface area contributed by atoms with Gasteiger partial charge < -0.3 is 15.2 Å². The molecule has 1 saturated carbocycles. The minimum Gasteiger partial charge on any atom is -0.497 e. The van der Waals surface area contributed by atoms with Crippen LogP contribution in [0.15, 0.2) is 24.3 Å². The number of ether oxygens (including phenoxy) is 1. The van der Waals surface area contributed by atoms with E-state index in [9.17, 15) is 9.59 Å². The molecule has 1 aliphatic carbocycles. The lowest BCUT2D eigenvalue weighted by Crippen LogP contribution is -2.27. The number of hydrogen-bond acceptors (Lipinski definition) is 3. The lowest BCUT2D eigenvalue weighted by atomic mass is 9.92. The van der Waals surface area contributed by atoms with Gasteiger partial charge in [0.2, 0.25) is 5.91 Å². The molecule has 1 aromatic carbocycles. The van der Waals surface area contributed by atoms with Crippen molar-refractivity contribution in [3.8, 4) is 5.75 Å². The molecule has 0 bridgehead atoms. The Hall–Kier alpha value is -2.04. The van der Waals surface area contributed by atoms with E-state index in [1.54, 1.807) is 19.2 Å². The quantitative estimate of drug-likeness (QED) is 0.798. The maximum atomic E-state index is 11.9. The van der Waals surface area contributed by atoms with E-state index in [-0.39, 0.29) is 24.7 Å². The summed E-state index contributed by atoms with van der Waals surface area (Å²) in [6, 6.07) is 7.49. The average molecular weight is 277 g/mol. The van der Waals surface area contributed by atoms with Crippen LogP contribution in [0.1, 0.15) is 37.2 Å². The zero-order chi connectivity index (χ0) is 14.5. The molecule has 20 heavy (non-hydrogen) atoms. The smallest absolute Gasteiger partial charge is 0.303 e. The Balaban J connectivity index is 2.04. The number of amides is 1. The minimum atomic E-state index is -0.898. The van der Waals surface area contributed by atoms with Crippen molar-refractivity contribution in [2.24, 2.45) is 0 Å². The molecule has 0 heterocycles. The highest BCUT2D eigenvalue weighted by Gasteiger charge is 2.26. The zero-order valence-corrected chi connectivity index (χ0v) is 11.5. The van der Waals surface area contributed by atoms with Crippen LogP contribution in [0.2, 0.25) is 0 Å². The summed E-state index contributed by atoms with van der Waals surface area (Å²) >= 11 is 0. The SMILES string of the molecule is COc1ccc([C@H](CC(=O)O)CC(=O)NC2CC2)cc1. The summed E-state index contributed by atoms with van der Waals surface area (Å²) in [5.74, 6) is -0.568. The summed E-state index contributed by atoms with van der Waals surface area (Å²) in [7, 11) is 1.58. The second-order valence-electron chi connectivity index (χ2n) is 5.11. The molecule has 5 nitrogen and oxygen atoms in total. The maximum Gasteiger partial charge on any atom is 0.303 e. The summed E-state index contributed by atoms with van der Waals surface area (Å²) in [5, 5.41) is 11.9. The molecule has 2 N–H and O–H groups in total. The number of carboxylic acid groups (broad SMARTS) is 1. The average Bonchev–Trinajstić information content (AvgIpc) is 3.21. The van der Waals surface area contributed by atoms with Crippen molar-refractivity contribution in [1.82, 2.24) is 5.32 Å². The lowest BCUT2D eigenvalue weighted by molar-refractivity contribution is -0.137. The van der Waals surface area contributed by atoms with Gasteiger partial charge in [-0.2, -0.15) is 0 Å². The number of aliphatic carboxylic acids is 1. The Kier molecular flexibility index (Phi) is 4.61. The van der Waals surface area contributed by atoms with Gasteiger partial charge in [-0.05, 0) is 30.5 Å². The van der Waals surface area contributed by atoms with Gasteiger partial charge in [-0.1, -0.05) is 12.1 Å². The number of carbonyl (C=O) groups is 2. The van der Waals surface area contributed by atoms with Crippen molar-refractivity contribution in [3.63, 3.8) is 0 Å². The number of carboxylic acids is 1. The molecule has 0 spiro atoms. The Morgan fingerprint density at radius 3 is 2.45 bits per heavy atom. The van der Waals surface area contributed by atoms with Crippen LogP contribution < -0.4 is 10.1 Å². The first-order valence-corrected chi connectivity index (χ1v) is 6.73. The van der Waals surface area contributed by atoms with Crippen LogP contribution in [-0.4, -0.2) is 30.1 Å². The number of methoxy groups -OCH3 is 1. The molecule has 0 aromatic heterocycles. The molecule has 1 amide bonds. The summed E-state index contributed by atoms with van der Waals surface area (Å²) < 4.78 is 5.08. The highest BCUT2D eigenvalue weighted by Crippen LogP contribution is 2.26. The van der Waals surface area contributed by atoms with Crippen molar-refractivity contribution >= 4 is 11.9 Å². The second kappa shape index (κ2) is 6.41. The number of benzene rings is 1. The third-order valence-corrected chi connectivity index (χ3v) is 3.38. The van der Waals surface area contributed by atoms with Crippen molar-refractivity contribution in [2.45, 2.75) is 37.6 Å². The molecule has 1 fully saturated rings. The first-order chi connectivity index (χ1) is 9.58. The van der Waals surface area contributed by atoms with Crippen LogP contribution in [0.25, 0.3) is 0 Å². The van der Waals surface area contributed by atoms with Gasteiger partial charge in [0.15, 0.2) is 0 Å². The standard InChI is InChI=1S/C15H19NO4/c1-20-13-6-2-10(3-7-13)11(9-15(18)19)8-14(17)16-12-4-5-12/h2-3,6-7,11-12H,4-5,8-9H2,1H3,(H,16,17)(H,18,19)/t11-/m0/s1. The summed E-state index contributed by atoms with van der Waals surface area (Å²) in [4.78, 5) is 22.8. The van der Waals surface area contributed by atoms with E-state index in [0.717, 1.165) is 18.4 Å². The van der Waals surface area contributed by atoms with Gasteiger partial charge in [-0.15, -0.1) is 0 Å². The highest BCUT2D eigenvalue weighted by atomic mass is 16.5. The van der Waals surface area contributed by atoms with E-state index < -0.39 is 5.97 Å². The van der Waals surface area contributed by atoms with Crippen molar-refractivity contribution < 1.29 is 19.4 Å². The molecule has 1 aliphatic rings. The molecule has 2 rings (SSSR count). The molecule has 5 heteroatoms. The van der Waals surface area contributed by atoms with Crippen molar-refractivity contribution in [1.29, 1.82) is 0 Å². The first-order valence-electron chi connectivity index (χ1n) is 6.73. The van der Waals surface area contributed by atoms with Gasteiger partial charge in [0.05, 0.1) is 13.5 Å². The largest absolute Gasteiger partial charge is 0.497 e. The molecule has 1 aromatic rings. The number of carbonyl (C=O) groups excluding carboxylic acids is 1. The monoisotopic (exact) mass is 277 g/mol. The van der Waals surface area contributed by atoms with Gasteiger partial charge in [-0.3, -0.25) is 9.59 Å². The van der Waals surface area contributed by atoms with Gasteiger partial charge in [0, 0.05) is 18.4 Å². The van der Waals surface area contributed by atoms with Crippen LogP contribution in [-0.2, 0) is 9.59 Å². The second-order valence-corrected chi connectivity index (χ2v) is 5.11. The Bertz CT molecular complexity index is 479. The van der Waals surface area contributed by atoms with E-state index in [4.69, 9.17) is 9.84 Å². The molecule has 0 saturated heterocycles.